The summed E-state index contributed by atoms with van der Waals surface area (Å²) >= 11 is 5.66. The molecule has 0 spiro atoms. The van der Waals surface area contributed by atoms with Crippen LogP contribution in [-0.2, 0) is 0 Å². The van der Waals surface area contributed by atoms with Crippen LogP contribution >= 0.6 is 11.6 Å². The number of aliphatic hydroxyl groups is 1. The summed E-state index contributed by atoms with van der Waals surface area (Å²) in [4.78, 5) is 0. The molecule has 0 heterocycles. The molecule has 0 saturated heterocycles. The molecular formula is C11H20ClNO. The SMILES string of the molecule is C=C(Cl)CNCC1(CO)CCCCC1. The number of hydrogen-bond donors (Lipinski definition) is 2. The van der Waals surface area contributed by atoms with Crippen LogP contribution in [0.3, 0.4) is 0 Å². The van der Waals surface area contributed by atoms with Crippen LogP contribution in [0, 0.1) is 5.41 Å². The summed E-state index contributed by atoms with van der Waals surface area (Å²) in [5, 5.41) is 13.3. The molecule has 2 N–H and O–H groups in total. The van der Waals surface area contributed by atoms with E-state index in [-0.39, 0.29) is 12.0 Å². The standard InChI is InChI=1S/C11H20ClNO/c1-10(12)7-13-8-11(9-14)5-3-2-4-6-11/h13-14H,1-9H2. The highest BCUT2D eigenvalue weighted by molar-refractivity contribution is 6.29. The first-order valence-corrected chi connectivity index (χ1v) is 5.71. The van der Waals surface area contributed by atoms with Gasteiger partial charge in [-0.05, 0) is 12.8 Å². The molecule has 0 aliphatic heterocycles. The maximum atomic E-state index is 9.41. The van der Waals surface area contributed by atoms with E-state index in [9.17, 15) is 5.11 Å². The molecule has 3 heteroatoms. The van der Waals surface area contributed by atoms with Crippen LogP contribution in [-0.4, -0.2) is 24.8 Å². The number of rotatable bonds is 5. The van der Waals surface area contributed by atoms with Crippen molar-refractivity contribution in [2.75, 3.05) is 19.7 Å². The molecule has 0 aromatic carbocycles. The van der Waals surface area contributed by atoms with Gasteiger partial charge in [0.1, 0.15) is 0 Å². The van der Waals surface area contributed by atoms with Gasteiger partial charge in [0.15, 0.2) is 0 Å². The molecule has 1 aliphatic carbocycles. The maximum Gasteiger partial charge on any atom is 0.0499 e. The smallest absolute Gasteiger partial charge is 0.0499 e. The fourth-order valence-corrected chi connectivity index (χ4v) is 2.25. The molecule has 0 amide bonds. The van der Waals surface area contributed by atoms with Gasteiger partial charge in [-0.25, -0.2) is 0 Å². The lowest BCUT2D eigenvalue weighted by atomic mass is 9.74. The van der Waals surface area contributed by atoms with Gasteiger partial charge in [0.25, 0.3) is 0 Å². The Hall–Kier alpha value is -0.0500. The average molecular weight is 218 g/mol. The molecule has 0 bridgehead atoms. The predicted octanol–water partition coefficient (Wildman–Crippen LogP) is 2.27. The Morgan fingerprint density at radius 2 is 2.00 bits per heavy atom. The Morgan fingerprint density at radius 3 is 2.50 bits per heavy atom. The first-order chi connectivity index (χ1) is 6.68. The van der Waals surface area contributed by atoms with E-state index in [4.69, 9.17) is 11.6 Å². The molecule has 1 saturated carbocycles. The highest BCUT2D eigenvalue weighted by atomic mass is 35.5. The maximum absolute atomic E-state index is 9.41. The minimum Gasteiger partial charge on any atom is -0.396 e. The van der Waals surface area contributed by atoms with Crippen LogP contribution in [0.1, 0.15) is 32.1 Å². The average Bonchev–Trinajstić information content (AvgIpc) is 2.19. The summed E-state index contributed by atoms with van der Waals surface area (Å²) in [6, 6.07) is 0. The Balaban J connectivity index is 2.32. The Morgan fingerprint density at radius 1 is 1.36 bits per heavy atom. The monoisotopic (exact) mass is 217 g/mol. The molecule has 0 radical (unpaired) electrons. The van der Waals surface area contributed by atoms with Crippen molar-refractivity contribution in [1.82, 2.24) is 5.32 Å². The van der Waals surface area contributed by atoms with Gasteiger partial charge >= 0.3 is 0 Å². The topological polar surface area (TPSA) is 32.3 Å². The minimum atomic E-state index is 0.102. The van der Waals surface area contributed by atoms with Crippen LogP contribution in [0.25, 0.3) is 0 Å². The highest BCUT2D eigenvalue weighted by Gasteiger charge is 2.30. The van der Waals surface area contributed by atoms with Crippen molar-refractivity contribution >= 4 is 11.6 Å². The Bertz CT molecular complexity index is 188. The van der Waals surface area contributed by atoms with Crippen molar-refractivity contribution in [1.29, 1.82) is 0 Å². The number of hydrogen-bond acceptors (Lipinski definition) is 2. The second-order valence-electron chi connectivity index (χ2n) is 4.34. The van der Waals surface area contributed by atoms with Crippen LogP contribution in [0.4, 0.5) is 0 Å². The third-order valence-electron chi connectivity index (χ3n) is 3.07. The molecule has 0 aromatic rings. The van der Waals surface area contributed by atoms with Crippen molar-refractivity contribution in [2.45, 2.75) is 32.1 Å². The second-order valence-corrected chi connectivity index (χ2v) is 4.87. The highest BCUT2D eigenvalue weighted by Crippen LogP contribution is 2.35. The zero-order chi connectivity index (χ0) is 10.4. The van der Waals surface area contributed by atoms with Gasteiger partial charge in [0.05, 0.1) is 0 Å². The van der Waals surface area contributed by atoms with Crippen molar-refractivity contribution in [3.8, 4) is 0 Å². The molecule has 0 aromatic heterocycles. The molecule has 82 valence electrons. The number of aliphatic hydroxyl groups excluding tert-OH is 1. The van der Waals surface area contributed by atoms with E-state index in [0.29, 0.717) is 11.6 Å². The Kier molecular flexibility index (Phi) is 4.93. The summed E-state index contributed by atoms with van der Waals surface area (Å²) in [7, 11) is 0. The molecule has 1 fully saturated rings. The molecular weight excluding hydrogens is 198 g/mol. The summed E-state index contributed by atoms with van der Waals surface area (Å²) in [5.41, 5.74) is 0.102. The van der Waals surface area contributed by atoms with Crippen LogP contribution in [0.2, 0.25) is 0 Å². The lowest BCUT2D eigenvalue weighted by Crippen LogP contribution is -2.39. The van der Waals surface area contributed by atoms with Gasteiger partial charge in [0, 0.05) is 30.1 Å². The fourth-order valence-electron chi connectivity index (χ4n) is 2.16. The van der Waals surface area contributed by atoms with Gasteiger partial charge in [-0.3, -0.25) is 0 Å². The molecule has 0 atom stereocenters. The van der Waals surface area contributed by atoms with E-state index in [2.05, 4.69) is 11.9 Å². The van der Waals surface area contributed by atoms with Crippen molar-refractivity contribution in [2.24, 2.45) is 5.41 Å². The van der Waals surface area contributed by atoms with Crippen molar-refractivity contribution in [3.05, 3.63) is 11.6 Å². The zero-order valence-electron chi connectivity index (χ0n) is 8.69. The van der Waals surface area contributed by atoms with Gasteiger partial charge in [-0.1, -0.05) is 37.4 Å². The van der Waals surface area contributed by atoms with E-state index in [1.807, 2.05) is 0 Å². The van der Waals surface area contributed by atoms with Crippen molar-refractivity contribution in [3.63, 3.8) is 0 Å². The molecule has 14 heavy (non-hydrogen) atoms. The predicted molar refractivity (Wildman–Crippen MR) is 60.5 cm³/mol. The molecule has 2 nitrogen and oxygen atoms in total. The summed E-state index contributed by atoms with van der Waals surface area (Å²) in [6.45, 7) is 5.41. The molecule has 0 unspecified atom stereocenters. The quantitative estimate of drug-likeness (QED) is 0.741. The zero-order valence-corrected chi connectivity index (χ0v) is 9.45. The van der Waals surface area contributed by atoms with E-state index < -0.39 is 0 Å². The van der Waals surface area contributed by atoms with Crippen LogP contribution < -0.4 is 5.32 Å². The summed E-state index contributed by atoms with van der Waals surface area (Å²) in [5.74, 6) is 0. The third kappa shape index (κ3) is 3.60. The first kappa shape index (κ1) is 12.0. The van der Waals surface area contributed by atoms with E-state index in [1.165, 1.54) is 19.3 Å². The van der Waals surface area contributed by atoms with Crippen LogP contribution in [0.5, 0.6) is 0 Å². The fraction of sp³-hybridized carbons (Fsp3) is 0.818. The Labute approximate surface area is 91.3 Å². The van der Waals surface area contributed by atoms with Gasteiger partial charge in [-0.15, -0.1) is 0 Å². The van der Waals surface area contributed by atoms with Gasteiger partial charge < -0.3 is 10.4 Å². The molecule has 1 rings (SSSR count). The molecule has 1 aliphatic rings. The number of halogens is 1. The summed E-state index contributed by atoms with van der Waals surface area (Å²) < 4.78 is 0. The number of nitrogens with one attached hydrogen (secondary N) is 1. The van der Waals surface area contributed by atoms with Gasteiger partial charge in [0.2, 0.25) is 0 Å². The van der Waals surface area contributed by atoms with E-state index in [0.717, 1.165) is 19.4 Å². The summed E-state index contributed by atoms with van der Waals surface area (Å²) in [6.07, 6.45) is 6.05. The van der Waals surface area contributed by atoms with E-state index >= 15 is 0 Å². The minimum absolute atomic E-state index is 0.102. The van der Waals surface area contributed by atoms with E-state index in [1.54, 1.807) is 0 Å². The first-order valence-electron chi connectivity index (χ1n) is 5.33. The van der Waals surface area contributed by atoms with Gasteiger partial charge in [-0.2, -0.15) is 0 Å². The lowest BCUT2D eigenvalue weighted by Gasteiger charge is -2.35. The lowest BCUT2D eigenvalue weighted by molar-refractivity contribution is 0.0823. The van der Waals surface area contributed by atoms with Crippen LogP contribution in [0.15, 0.2) is 11.6 Å². The van der Waals surface area contributed by atoms with Crippen molar-refractivity contribution < 1.29 is 5.11 Å². The second kappa shape index (κ2) is 5.74. The largest absolute Gasteiger partial charge is 0.396 e. The normalized spacial score (nSPS) is 20.7. The third-order valence-corrected chi connectivity index (χ3v) is 3.20.